The first-order valence-electron chi connectivity index (χ1n) is 19.4. The number of rotatable bonds is 36. The molecule has 0 aromatic rings. The molecule has 0 spiro atoms. The van der Waals surface area contributed by atoms with Crippen molar-refractivity contribution in [2.24, 2.45) is 0 Å². The van der Waals surface area contributed by atoms with Gasteiger partial charge in [0.05, 0.1) is 6.54 Å². The highest BCUT2D eigenvalue weighted by Gasteiger charge is 2.07. The van der Waals surface area contributed by atoms with Crippen molar-refractivity contribution in [2.75, 3.05) is 19.6 Å². The molecule has 0 rings (SSSR count). The van der Waals surface area contributed by atoms with Gasteiger partial charge in [-0.25, -0.2) is 0 Å². The zero-order valence-electron chi connectivity index (χ0n) is 29.1. The summed E-state index contributed by atoms with van der Waals surface area (Å²) in [6, 6.07) is 0. The molecule has 0 bridgehead atoms. The molecule has 0 heterocycles. The van der Waals surface area contributed by atoms with Gasteiger partial charge >= 0.3 is 0 Å². The van der Waals surface area contributed by atoms with Crippen LogP contribution in [0.3, 0.4) is 0 Å². The molecule has 0 amide bonds. The van der Waals surface area contributed by atoms with Crippen LogP contribution in [-0.2, 0) is 4.79 Å². The minimum atomic E-state index is 0.331. The minimum Gasteiger partial charge on any atom is -0.299 e. The van der Waals surface area contributed by atoms with E-state index in [0.717, 1.165) is 13.1 Å². The molecule has 0 aliphatic heterocycles. The Bertz CT molecular complexity index is 454. The van der Waals surface area contributed by atoms with Crippen LogP contribution < -0.4 is 0 Å². The molecule has 0 saturated carbocycles. The molecule has 0 radical (unpaired) electrons. The third-order valence-electron chi connectivity index (χ3n) is 9.10. The standard InChI is InChI=1S/C39H79NO/c1-4-6-8-10-12-14-16-18-20-22-24-26-28-30-32-34-36-40(38-39(3)41)37-35-33-31-29-27-25-23-21-19-17-15-13-11-9-7-5-2/h4-38H2,1-3H3. The predicted molar refractivity (Wildman–Crippen MR) is 186 cm³/mol. The van der Waals surface area contributed by atoms with E-state index < -0.39 is 0 Å². The van der Waals surface area contributed by atoms with Crippen molar-refractivity contribution in [1.82, 2.24) is 4.90 Å². The molecule has 41 heavy (non-hydrogen) atoms. The predicted octanol–water partition coefficient (Wildman–Crippen LogP) is 13.4. The molecule has 0 fully saturated rings. The summed E-state index contributed by atoms with van der Waals surface area (Å²) in [5.74, 6) is 0.331. The molecular weight excluding hydrogens is 498 g/mol. The van der Waals surface area contributed by atoms with E-state index in [9.17, 15) is 4.79 Å². The second kappa shape index (κ2) is 35.8. The first-order chi connectivity index (χ1) is 20.2. The fraction of sp³-hybridized carbons (Fsp3) is 0.974. The Morgan fingerprint density at radius 1 is 0.341 bits per heavy atom. The SMILES string of the molecule is CCCCCCCCCCCCCCCCCCN(CCCCCCCCCCCCCCCCCC)CC(C)=O. The van der Waals surface area contributed by atoms with Gasteiger partial charge in [-0.1, -0.05) is 206 Å². The van der Waals surface area contributed by atoms with Gasteiger partial charge in [-0.15, -0.1) is 0 Å². The van der Waals surface area contributed by atoms with Crippen molar-refractivity contribution in [3.05, 3.63) is 0 Å². The van der Waals surface area contributed by atoms with Crippen LogP contribution in [0.1, 0.15) is 226 Å². The molecule has 0 aliphatic rings. The summed E-state index contributed by atoms with van der Waals surface area (Å²) in [5.41, 5.74) is 0. The fourth-order valence-electron chi connectivity index (χ4n) is 6.35. The Morgan fingerprint density at radius 2 is 0.537 bits per heavy atom. The van der Waals surface area contributed by atoms with E-state index in [0.29, 0.717) is 12.3 Å². The number of carbonyl (C=O) groups is 1. The Balaban J connectivity index is 3.46. The first-order valence-corrected chi connectivity index (χ1v) is 19.4. The minimum absolute atomic E-state index is 0.331. The Morgan fingerprint density at radius 3 is 0.732 bits per heavy atom. The number of ketones is 1. The highest BCUT2D eigenvalue weighted by Crippen LogP contribution is 2.15. The monoisotopic (exact) mass is 578 g/mol. The van der Waals surface area contributed by atoms with Gasteiger partial charge in [-0.3, -0.25) is 9.69 Å². The molecule has 0 aliphatic carbocycles. The lowest BCUT2D eigenvalue weighted by Crippen LogP contribution is -2.30. The molecule has 0 atom stereocenters. The van der Waals surface area contributed by atoms with E-state index in [4.69, 9.17) is 0 Å². The maximum atomic E-state index is 11.8. The topological polar surface area (TPSA) is 20.3 Å². The molecular formula is C39H79NO. The van der Waals surface area contributed by atoms with Gasteiger partial charge in [0.2, 0.25) is 0 Å². The summed E-state index contributed by atoms with van der Waals surface area (Å²) in [6.45, 7) is 9.26. The fourth-order valence-corrected chi connectivity index (χ4v) is 6.35. The van der Waals surface area contributed by atoms with Crippen LogP contribution in [0.5, 0.6) is 0 Å². The normalized spacial score (nSPS) is 11.6. The van der Waals surface area contributed by atoms with E-state index in [1.165, 1.54) is 205 Å². The van der Waals surface area contributed by atoms with Gasteiger partial charge in [0.1, 0.15) is 5.78 Å². The summed E-state index contributed by atoms with van der Waals surface area (Å²) in [7, 11) is 0. The molecule has 0 saturated heterocycles. The smallest absolute Gasteiger partial charge is 0.143 e. The summed E-state index contributed by atoms with van der Waals surface area (Å²) in [4.78, 5) is 14.2. The molecule has 0 N–H and O–H groups in total. The van der Waals surface area contributed by atoms with Crippen LogP contribution in [0.4, 0.5) is 0 Å². The van der Waals surface area contributed by atoms with Crippen molar-refractivity contribution >= 4 is 5.78 Å². The van der Waals surface area contributed by atoms with Gasteiger partial charge in [0, 0.05) is 0 Å². The van der Waals surface area contributed by atoms with Crippen LogP contribution in [0, 0.1) is 0 Å². The molecule has 0 aromatic carbocycles. The number of unbranched alkanes of at least 4 members (excludes halogenated alkanes) is 30. The number of hydrogen-bond donors (Lipinski definition) is 0. The first kappa shape index (κ1) is 40.6. The highest BCUT2D eigenvalue weighted by atomic mass is 16.1. The largest absolute Gasteiger partial charge is 0.299 e. The van der Waals surface area contributed by atoms with Crippen LogP contribution in [-0.4, -0.2) is 30.3 Å². The van der Waals surface area contributed by atoms with Crippen LogP contribution in [0.25, 0.3) is 0 Å². The Hall–Kier alpha value is -0.370. The lowest BCUT2D eigenvalue weighted by atomic mass is 10.0. The number of nitrogens with zero attached hydrogens (tertiary/aromatic N) is 1. The van der Waals surface area contributed by atoms with E-state index >= 15 is 0 Å². The Kier molecular flexibility index (Phi) is 35.5. The van der Waals surface area contributed by atoms with Crippen LogP contribution in [0.15, 0.2) is 0 Å². The van der Waals surface area contributed by atoms with Gasteiger partial charge in [0.15, 0.2) is 0 Å². The van der Waals surface area contributed by atoms with Crippen molar-refractivity contribution < 1.29 is 4.79 Å². The van der Waals surface area contributed by atoms with Crippen molar-refractivity contribution in [3.63, 3.8) is 0 Å². The van der Waals surface area contributed by atoms with Crippen molar-refractivity contribution in [1.29, 1.82) is 0 Å². The quantitative estimate of drug-likeness (QED) is 0.0690. The number of hydrogen-bond acceptors (Lipinski definition) is 2. The summed E-state index contributed by atoms with van der Waals surface area (Å²) in [5, 5.41) is 0. The average Bonchev–Trinajstić information content (AvgIpc) is 2.96. The maximum Gasteiger partial charge on any atom is 0.143 e. The molecule has 0 unspecified atom stereocenters. The van der Waals surface area contributed by atoms with E-state index in [1.807, 2.05) is 0 Å². The van der Waals surface area contributed by atoms with E-state index in [-0.39, 0.29) is 0 Å². The van der Waals surface area contributed by atoms with Crippen molar-refractivity contribution in [3.8, 4) is 0 Å². The zero-order chi connectivity index (χ0) is 29.9. The van der Waals surface area contributed by atoms with Crippen LogP contribution in [0.2, 0.25) is 0 Å². The zero-order valence-corrected chi connectivity index (χ0v) is 29.1. The molecule has 246 valence electrons. The molecule has 2 nitrogen and oxygen atoms in total. The second-order valence-electron chi connectivity index (χ2n) is 13.6. The van der Waals surface area contributed by atoms with Gasteiger partial charge in [-0.05, 0) is 32.9 Å². The van der Waals surface area contributed by atoms with E-state index in [2.05, 4.69) is 18.7 Å². The summed E-state index contributed by atoms with van der Waals surface area (Å²) < 4.78 is 0. The van der Waals surface area contributed by atoms with E-state index in [1.54, 1.807) is 6.92 Å². The summed E-state index contributed by atoms with van der Waals surface area (Å²) in [6.07, 6.45) is 45.4. The molecule has 2 heteroatoms. The third kappa shape index (κ3) is 35.7. The van der Waals surface area contributed by atoms with Crippen molar-refractivity contribution in [2.45, 2.75) is 226 Å². The number of carbonyl (C=O) groups excluding carboxylic acids is 1. The second-order valence-corrected chi connectivity index (χ2v) is 13.6. The average molecular weight is 578 g/mol. The Labute approximate surface area is 261 Å². The van der Waals surface area contributed by atoms with Crippen LogP contribution >= 0.6 is 0 Å². The summed E-state index contributed by atoms with van der Waals surface area (Å²) >= 11 is 0. The maximum absolute atomic E-state index is 11.8. The number of Topliss-reactive ketones (excluding diaryl/α,β-unsaturated/α-hetero) is 1. The lowest BCUT2D eigenvalue weighted by molar-refractivity contribution is -0.118. The lowest BCUT2D eigenvalue weighted by Gasteiger charge is -2.21. The van der Waals surface area contributed by atoms with Gasteiger partial charge in [-0.2, -0.15) is 0 Å². The molecule has 0 aromatic heterocycles. The van der Waals surface area contributed by atoms with Gasteiger partial charge in [0.25, 0.3) is 0 Å². The third-order valence-corrected chi connectivity index (χ3v) is 9.10. The highest BCUT2D eigenvalue weighted by molar-refractivity contribution is 5.77. The van der Waals surface area contributed by atoms with Gasteiger partial charge < -0.3 is 0 Å².